The maximum absolute atomic E-state index is 4.98. The molecule has 0 aliphatic heterocycles. The van der Waals surface area contributed by atoms with Crippen LogP contribution in [0.3, 0.4) is 0 Å². The van der Waals surface area contributed by atoms with Crippen molar-refractivity contribution in [2.45, 2.75) is 13.0 Å². The summed E-state index contributed by atoms with van der Waals surface area (Å²) in [5, 5.41) is 3.39. The van der Waals surface area contributed by atoms with Crippen molar-refractivity contribution in [1.82, 2.24) is 5.32 Å². The monoisotopic (exact) mass is 257 g/mol. The Kier molecular flexibility index (Phi) is 5.15. The normalized spacial score (nSPS) is 12.8. The van der Waals surface area contributed by atoms with Crippen molar-refractivity contribution in [3.8, 4) is 0 Å². The molecule has 1 unspecified atom stereocenters. The molecule has 0 radical (unpaired) electrons. The van der Waals surface area contributed by atoms with Crippen LogP contribution in [0.4, 0.5) is 0 Å². The molecular weight excluding hydrogens is 242 g/mol. The van der Waals surface area contributed by atoms with Gasteiger partial charge in [-0.1, -0.05) is 34.1 Å². The highest BCUT2D eigenvalue weighted by atomic mass is 79.9. The summed E-state index contributed by atoms with van der Waals surface area (Å²) in [5.74, 6) is 0. The molecule has 1 atom stereocenters. The predicted molar refractivity (Wildman–Crippen MR) is 62.4 cm³/mol. The Morgan fingerprint density at radius 2 is 2.14 bits per heavy atom. The molecule has 1 aromatic rings. The lowest BCUT2D eigenvalue weighted by Gasteiger charge is -2.15. The van der Waals surface area contributed by atoms with Crippen molar-refractivity contribution in [2.24, 2.45) is 0 Å². The summed E-state index contributed by atoms with van der Waals surface area (Å²) in [7, 11) is 1.71. The molecular formula is C11H16BrNO. The minimum Gasteiger partial charge on any atom is -0.383 e. The first-order valence-electron chi connectivity index (χ1n) is 4.72. The molecule has 0 aliphatic rings. The minimum absolute atomic E-state index is 0.348. The highest BCUT2D eigenvalue weighted by molar-refractivity contribution is 9.10. The van der Waals surface area contributed by atoms with Crippen LogP contribution < -0.4 is 5.32 Å². The van der Waals surface area contributed by atoms with Crippen molar-refractivity contribution < 1.29 is 4.74 Å². The summed E-state index contributed by atoms with van der Waals surface area (Å²) in [4.78, 5) is 0. The fraction of sp³-hybridized carbons (Fsp3) is 0.455. The van der Waals surface area contributed by atoms with Gasteiger partial charge >= 0.3 is 0 Å². The van der Waals surface area contributed by atoms with E-state index in [0.29, 0.717) is 6.04 Å². The van der Waals surface area contributed by atoms with Crippen LogP contribution in [-0.2, 0) is 4.74 Å². The van der Waals surface area contributed by atoms with E-state index < -0.39 is 0 Å². The first-order valence-corrected chi connectivity index (χ1v) is 5.51. The van der Waals surface area contributed by atoms with Gasteiger partial charge in [-0.05, 0) is 18.6 Å². The number of hydrogen-bond donors (Lipinski definition) is 1. The average molecular weight is 258 g/mol. The molecule has 78 valence electrons. The number of benzene rings is 1. The predicted octanol–water partition coefficient (Wildman–Crippen LogP) is 2.75. The average Bonchev–Trinajstić information content (AvgIpc) is 2.18. The third-order valence-corrected chi connectivity index (χ3v) is 2.85. The van der Waals surface area contributed by atoms with Gasteiger partial charge < -0.3 is 10.1 Å². The number of nitrogens with one attached hydrogen (secondary N) is 1. The number of methoxy groups -OCH3 is 1. The summed E-state index contributed by atoms with van der Waals surface area (Å²) in [6.45, 7) is 3.77. The Hall–Kier alpha value is -0.380. The first kappa shape index (κ1) is 11.7. The van der Waals surface area contributed by atoms with Crippen LogP contribution in [0.15, 0.2) is 28.7 Å². The van der Waals surface area contributed by atoms with Gasteiger partial charge in [0.25, 0.3) is 0 Å². The van der Waals surface area contributed by atoms with E-state index >= 15 is 0 Å². The second-order valence-corrected chi connectivity index (χ2v) is 4.04. The molecule has 0 spiro atoms. The van der Waals surface area contributed by atoms with Gasteiger partial charge in [0, 0.05) is 24.2 Å². The smallest absolute Gasteiger partial charge is 0.0587 e. The molecule has 0 fully saturated rings. The second-order valence-electron chi connectivity index (χ2n) is 3.19. The van der Waals surface area contributed by atoms with E-state index in [1.165, 1.54) is 5.56 Å². The molecule has 0 bridgehead atoms. The Labute approximate surface area is 93.8 Å². The zero-order valence-electron chi connectivity index (χ0n) is 8.59. The molecule has 0 aromatic heterocycles. The molecule has 0 saturated heterocycles. The zero-order chi connectivity index (χ0) is 10.4. The molecule has 0 heterocycles. The van der Waals surface area contributed by atoms with Crippen LogP contribution >= 0.6 is 15.9 Å². The van der Waals surface area contributed by atoms with Crippen LogP contribution in [-0.4, -0.2) is 20.3 Å². The van der Waals surface area contributed by atoms with Crippen LogP contribution in [0.5, 0.6) is 0 Å². The summed E-state index contributed by atoms with van der Waals surface area (Å²) < 4.78 is 6.13. The van der Waals surface area contributed by atoms with E-state index in [-0.39, 0.29) is 0 Å². The van der Waals surface area contributed by atoms with Gasteiger partial charge in [-0.2, -0.15) is 0 Å². The maximum atomic E-state index is 4.98. The highest BCUT2D eigenvalue weighted by Gasteiger charge is 2.06. The van der Waals surface area contributed by atoms with Gasteiger partial charge in [-0.3, -0.25) is 0 Å². The van der Waals surface area contributed by atoms with Crippen LogP contribution in [0.1, 0.15) is 18.5 Å². The van der Waals surface area contributed by atoms with Gasteiger partial charge in [0.05, 0.1) is 6.61 Å². The lowest BCUT2D eigenvalue weighted by Crippen LogP contribution is -2.23. The molecule has 1 rings (SSSR count). The van der Waals surface area contributed by atoms with Gasteiger partial charge in [0.1, 0.15) is 0 Å². The van der Waals surface area contributed by atoms with E-state index in [0.717, 1.165) is 17.6 Å². The summed E-state index contributed by atoms with van der Waals surface area (Å²) in [6.07, 6.45) is 0. The summed E-state index contributed by atoms with van der Waals surface area (Å²) in [5.41, 5.74) is 1.28. The van der Waals surface area contributed by atoms with Crippen molar-refractivity contribution in [3.63, 3.8) is 0 Å². The van der Waals surface area contributed by atoms with E-state index in [2.05, 4.69) is 46.4 Å². The fourth-order valence-corrected chi connectivity index (χ4v) is 1.94. The zero-order valence-corrected chi connectivity index (χ0v) is 10.2. The molecule has 3 heteroatoms. The van der Waals surface area contributed by atoms with E-state index in [1.54, 1.807) is 7.11 Å². The third kappa shape index (κ3) is 3.40. The lowest BCUT2D eigenvalue weighted by molar-refractivity contribution is 0.196. The number of halogens is 1. The number of ether oxygens (including phenoxy) is 1. The van der Waals surface area contributed by atoms with Gasteiger partial charge in [-0.25, -0.2) is 0 Å². The topological polar surface area (TPSA) is 21.3 Å². The molecule has 0 saturated carbocycles. The van der Waals surface area contributed by atoms with Gasteiger partial charge in [-0.15, -0.1) is 0 Å². The van der Waals surface area contributed by atoms with E-state index in [9.17, 15) is 0 Å². The SMILES string of the molecule is COCCNC(C)c1ccccc1Br. The number of rotatable bonds is 5. The lowest BCUT2D eigenvalue weighted by atomic mass is 10.1. The Morgan fingerprint density at radius 1 is 1.43 bits per heavy atom. The summed E-state index contributed by atoms with van der Waals surface area (Å²) >= 11 is 3.53. The Morgan fingerprint density at radius 3 is 2.79 bits per heavy atom. The number of hydrogen-bond acceptors (Lipinski definition) is 2. The molecule has 2 nitrogen and oxygen atoms in total. The molecule has 0 aliphatic carbocycles. The molecule has 14 heavy (non-hydrogen) atoms. The van der Waals surface area contributed by atoms with Crippen LogP contribution in [0.25, 0.3) is 0 Å². The molecule has 0 amide bonds. The van der Waals surface area contributed by atoms with Crippen molar-refractivity contribution >= 4 is 15.9 Å². The standard InChI is InChI=1S/C11H16BrNO/c1-9(13-7-8-14-2)10-5-3-4-6-11(10)12/h3-6,9,13H,7-8H2,1-2H3. The van der Waals surface area contributed by atoms with Crippen molar-refractivity contribution in [1.29, 1.82) is 0 Å². The van der Waals surface area contributed by atoms with E-state index in [4.69, 9.17) is 4.74 Å². The Bertz CT molecular complexity index is 278. The largest absolute Gasteiger partial charge is 0.383 e. The van der Waals surface area contributed by atoms with Gasteiger partial charge in [0.15, 0.2) is 0 Å². The van der Waals surface area contributed by atoms with Crippen LogP contribution in [0, 0.1) is 0 Å². The third-order valence-electron chi connectivity index (χ3n) is 2.13. The summed E-state index contributed by atoms with van der Waals surface area (Å²) in [6, 6.07) is 8.60. The van der Waals surface area contributed by atoms with Crippen LogP contribution in [0.2, 0.25) is 0 Å². The maximum Gasteiger partial charge on any atom is 0.0587 e. The first-order chi connectivity index (χ1) is 6.75. The van der Waals surface area contributed by atoms with Crippen molar-refractivity contribution in [3.05, 3.63) is 34.3 Å². The molecule has 1 N–H and O–H groups in total. The second kappa shape index (κ2) is 6.17. The van der Waals surface area contributed by atoms with E-state index in [1.807, 2.05) is 6.07 Å². The Balaban J connectivity index is 2.51. The quantitative estimate of drug-likeness (QED) is 0.820. The van der Waals surface area contributed by atoms with Crippen molar-refractivity contribution in [2.75, 3.05) is 20.3 Å². The molecule has 1 aromatic carbocycles. The highest BCUT2D eigenvalue weighted by Crippen LogP contribution is 2.22. The van der Waals surface area contributed by atoms with Gasteiger partial charge in [0.2, 0.25) is 0 Å². The fourth-order valence-electron chi connectivity index (χ4n) is 1.31. The minimum atomic E-state index is 0.348.